The van der Waals surface area contributed by atoms with Crippen molar-refractivity contribution in [2.75, 3.05) is 19.6 Å². The van der Waals surface area contributed by atoms with Gasteiger partial charge in [0.25, 0.3) is 0 Å². The van der Waals surface area contributed by atoms with Gasteiger partial charge >= 0.3 is 0 Å². The maximum absolute atomic E-state index is 6.05. The molecule has 0 amide bonds. The van der Waals surface area contributed by atoms with Crippen molar-refractivity contribution in [2.45, 2.75) is 32.2 Å². The van der Waals surface area contributed by atoms with E-state index in [2.05, 4.69) is 11.8 Å². The Kier molecular flexibility index (Phi) is 2.37. The standard InChI is InChI=1S/C10H20N2/c1-2-5-12-6-8-3-4-10(11)9(8)7-12/h8-10H,2-7,11H2,1H3/t8-,9+,10?/m0/s1. The van der Waals surface area contributed by atoms with Gasteiger partial charge < -0.3 is 10.6 Å². The zero-order valence-electron chi connectivity index (χ0n) is 8.00. The summed E-state index contributed by atoms with van der Waals surface area (Å²) < 4.78 is 0. The summed E-state index contributed by atoms with van der Waals surface area (Å²) >= 11 is 0. The molecule has 2 rings (SSSR count). The summed E-state index contributed by atoms with van der Waals surface area (Å²) in [5, 5.41) is 0. The molecule has 3 atom stereocenters. The molecule has 2 heteroatoms. The molecule has 1 saturated carbocycles. The summed E-state index contributed by atoms with van der Waals surface area (Å²) in [6.45, 7) is 6.14. The second-order valence-electron chi connectivity index (χ2n) is 4.42. The highest BCUT2D eigenvalue weighted by Gasteiger charge is 2.40. The molecule has 1 unspecified atom stereocenters. The SMILES string of the molecule is CCCN1C[C@@H]2CCC(N)[C@@H]2C1. The third-order valence-electron chi connectivity index (χ3n) is 3.53. The molecule has 2 fully saturated rings. The molecule has 2 N–H and O–H groups in total. The Hall–Kier alpha value is -0.0800. The van der Waals surface area contributed by atoms with E-state index in [0.717, 1.165) is 11.8 Å². The molecule has 0 aromatic rings. The van der Waals surface area contributed by atoms with E-state index < -0.39 is 0 Å². The van der Waals surface area contributed by atoms with Gasteiger partial charge in [0, 0.05) is 19.1 Å². The van der Waals surface area contributed by atoms with Gasteiger partial charge in [0.2, 0.25) is 0 Å². The molecule has 1 aliphatic heterocycles. The molecule has 2 nitrogen and oxygen atoms in total. The Balaban J connectivity index is 1.90. The lowest BCUT2D eigenvalue weighted by Gasteiger charge is -2.16. The van der Waals surface area contributed by atoms with Crippen molar-refractivity contribution in [1.82, 2.24) is 4.90 Å². The van der Waals surface area contributed by atoms with Gasteiger partial charge in [-0.25, -0.2) is 0 Å². The Morgan fingerprint density at radius 2 is 2.17 bits per heavy atom. The fraction of sp³-hybridized carbons (Fsp3) is 1.00. The summed E-state index contributed by atoms with van der Waals surface area (Å²) in [7, 11) is 0. The van der Waals surface area contributed by atoms with Gasteiger partial charge in [-0.3, -0.25) is 0 Å². The molecule has 0 aromatic heterocycles. The van der Waals surface area contributed by atoms with E-state index in [0.29, 0.717) is 6.04 Å². The molecule has 1 heterocycles. The number of hydrogen-bond acceptors (Lipinski definition) is 2. The predicted octanol–water partition coefficient (Wildman–Crippen LogP) is 1.07. The Labute approximate surface area is 75.1 Å². The van der Waals surface area contributed by atoms with Gasteiger partial charge in [-0.05, 0) is 37.6 Å². The van der Waals surface area contributed by atoms with E-state index in [9.17, 15) is 0 Å². The van der Waals surface area contributed by atoms with Crippen LogP contribution in [0.4, 0.5) is 0 Å². The van der Waals surface area contributed by atoms with Crippen LogP contribution in [-0.4, -0.2) is 30.6 Å². The predicted molar refractivity (Wildman–Crippen MR) is 50.9 cm³/mol. The van der Waals surface area contributed by atoms with E-state index in [1.807, 2.05) is 0 Å². The van der Waals surface area contributed by atoms with Crippen molar-refractivity contribution in [2.24, 2.45) is 17.6 Å². The maximum atomic E-state index is 6.05. The van der Waals surface area contributed by atoms with Crippen molar-refractivity contribution in [3.05, 3.63) is 0 Å². The van der Waals surface area contributed by atoms with E-state index in [4.69, 9.17) is 5.73 Å². The molecule has 12 heavy (non-hydrogen) atoms. The first-order chi connectivity index (χ1) is 5.81. The smallest absolute Gasteiger partial charge is 0.00826 e. The number of hydrogen-bond donors (Lipinski definition) is 1. The fourth-order valence-electron chi connectivity index (χ4n) is 2.90. The quantitative estimate of drug-likeness (QED) is 0.668. The van der Waals surface area contributed by atoms with Crippen molar-refractivity contribution in [1.29, 1.82) is 0 Å². The lowest BCUT2D eigenvalue weighted by molar-refractivity contribution is 0.306. The molecule has 0 spiro atoms. The molecule has 0 bridgehead atoms. The Bertz CT molecular complexity index is 158. The van der Waals surface area contributed by atoms with Crippen molar-refractivity contribution < 1.29 is 0 Å². The lowest BCUT2D eigenvalue weighted by Crippen LogP contribution is -2.30. The first-order valence-corrected chi connectivity index (χ1v) is 5.29. The van der Waals surface area contributed by atoms with Crippen molar-refractivity contribution in [3.63, 3.8) is 0 Å². The molecule has 1 saturated heterocycles. The average Bonchev–Trinajstić information content (AvgIpc) is 2.55. The van der Waals surface area contributed by atoms with Gasteiger partial charge in [-0.15, -0.1) is 0 Å². The number of fused-ring (bicyclic) bond motifs is 1. The number of nitrogens with zero attached hydrogens (tertiary/aromatic N) is 1. The molecular weight excluding hydrogens is 148 g/mol. The monoisotopic (exact) mass is 168 g/mol. The van der Waals surface area contributed by atoms with Gasteiger partial charge in [-0.2, -0.15) is 0 Å². The summed E-state index contributed by atoms with van der Waals surface area (Å²) in [6, 6.07) is 0.511. The van der Waals surface area contributed by atoms with Gasteiger partial charge in [0.1, 0.15) is 0 Å². The zero-order chi connectivity index (χ0) is 8.55. The van der Waals surface area contributed by atoms with E-state index in [1.54, 1.807) is 0 Å². The van der Waals surface area contributed by atoms with Crippen molar-refractivity contribution >= 4 is 0 Å². The van der Waals surface area contributed by atoms with E-state index in [-0.39, 0.29) is 0 Å². The molecule has 2 aliphatic rings. The van der Waals surface area contributed by atoms with Crippen LogP contribution in [0.5, 0.6) is 0 Å². The number of nitrogens with two attached hydrogens (primary N) is 1. The third kappa shape index (κ3) is 1.38. The van der Waals surface area contributed by atoms with Crippen LogP contribution in [0, 0.1) is 11.8 Å². The van der Waals surface area contributed by atoms with E-state index in [1.165, 1.54) is 38.9 Å². The van der Waals surface area contributed by atoms with Crippen LogP contribution >= 0.6 is 0 Å². The lowest BCUT2D eigenvalue weighted by atomic mass is 9.98. The highest BCUT2D eigenvalue weighted by molar-refractivity contribution is 4.95. The average molecular weight is 168 g/mol. The summed E-state index contributed by atoms with van der Waals surface area (Å²) in [5.74, 6) is 1.77. The first kappa shape index (κ1) is 8.52. The second-order valence-corrected chi connectivity index (χ2v) is 4.42. The summed E-state index contributed by atoms with van der Waals surface area (Å²) in [6.07, 6.45) is 3.94. The minimum absolute atomic E-state index is 0.511. The third-order valence-corrected chi connectivity index (χ3v) is 3.53. The summed E-state index contributed by atoms with van der Waals surface area (Å²) in [5.41, 5.74) is 6.05. The topological polar surface area (TPSA) is 29.3 Å². The molecule has 0 radical (unpaired) electrons. The maximum Gasteiger partial charge on any atom is 0.00826 e. The molecule has 1 aliphatic carbocycles. The van der Waals surface area contributed by atoms with Gasteiger partial charge in [0.15, 0.2) is 0 Å². The highest BCUT2D eigenvalue weighted by Crippen LogP contribution is 2.36. The van der Waals surface area contributed by atoms with Gasteiger partial charge in [-0.1, -0.05) is 6.92 Å². The minimum atomic E-state index is 0.511. The van der Waals surface area contributed by atoms with Crippen LogP contribution in [0.2, 0.25) is 0 Å². The second kappa shape index (κ2) is 3.35. The summed E-state index contributed by atoms with van der Waals surface area (Å²) in [4.78, 5) is 2.59. The molecule has 70 valence electrons. The number of rotatable bonds is 2. The molecule has 0 aromatic carbocycles. The fourth-order valence-corrected chi connectivity index (χ4v) is 2.90. The van der Waals surface area contributed by atoms with Crippen LogP contribution in [0.25, 0.3) is 0 Å². The van der Waals surface area contributed by atoms with Gasteiger partial charge in [0.05, 0.1) is 0 Å². The van der Waals surface area contributed by atoms with Crippen LogP contribution in [0.3, 0.4) is 0 Å². The van der Waals surface area contributed by atoms with Crippen LogP contribution in [-0.2, 0) is 0 Å². The van der Waals surface area contributed by atoms with Crippen LogP contribution < -0.4 is 5.73 Å². The zero-order valence-corrected chi connectivity index (χ0v) is 8.00. The normalized spacial score (nSPS) is 42.0. The molecular formula is C10H20N2. The number of likely N-dealkylation sites (tertiary alicyclic amines) is 1. The minimum Gasteiger partial charge on any atom is -0.327 e. The van der Waals surface area contributed by atoms with E-state index >= 15 is 0 Å². The van der Waals surface area contributed by atoms with Crippen molar-refractivity contribution in [3.8, 4) is 0 Å². The van der Waals surface area contributed by atoms with Crippen LogP contribution in [0.15, 0.2) is 0 Å². The largest absolute Gasteiger partial charge is 0.327 e. The Morgan fingerprint density at radius 1 is 1.33 bits per heavy atom. The Morgan fingerprint density at radius 3 is 2.83 bits per heavy atom. The van der Waals surface area contributed by atoms with Crippen LogP contribution in [0.1, 0.15) is 26.2 Å². The first-order valence-electron chi connectivity index (χ1n) is 5.29. The highest BCUT2D eigenvalue weighted by atomic mass is 15.2.